The van der Waals surface area contributed by atoms with Gasteiger partial charge in [-0.15, -0.1) is 11.8 Å². The average molecular weight is 309 g/mol. The standard InChI is InChI=1S/C14H15NO3S2/c1-10-9-11(7-8-14(10)20(15,16)17)18-12-5-3-4-6-13(12)19-2/h3-9H,1-2H3,(H2,15,16,17). The van der Waals surface area contributed by atoms with Gasteiger partial charge in [-0.1, -0.05) is 12.1 Å². The molecule has 0 amide bonds. The molecule has 0 heterocycles. The van der Waals surface area contributed by atoms with E-state index < -0.39 is 10.0 Å². The minimum Gasteiger partial charge on any atom is -0.456 e. The van der Waals surface area contributed by atoms with E-state index in [4.69, 9.17) is 9.88 Å². The zero-order valence-electron chi connectivity index (χ0n) is 11.2. The highest BCUT2D eigenvalue weighted by Crippen LogP contribution is 2.32. The maximum absolute atomic E-state index is 11.4. The van der Waals surface area contributed by atoms with Crippen molar-refractivity contribution in [1.29, 1.82) is 0 Å². The zero-order valence-corrected chi connectivity index (χ0v) is 12.8. The SMILES string of the molecule is CSc1ccccc1Oc1ccc(S(N)(=O)=O)c(C)c1. The van der Waals surface area contributed by atoms with Crippen molar-refractivity contribution in [3.05, 3.63) is 48.0 Å². The summed E-state index contributed by atoms with van der Waals surface area (Å²) in [6, 6.07) is 12.4. The Kier molecular flexibility index (Phi) is 4.37. The number of aryl methyl sites for hydroxylation is 1. The second-order valence-corrected chi connectivity index (χ2v) is 6.60. The number of hydrogen-bond acceptors (Lipinski definition) is 4. The van der Waals surface area contributed by atoms with Crippen LogP contribution in [0, 0.1) is 6.92 Å². The number of nitrogens with two attached hydrogens (primary N) is 1. The Labute approximate surface area is 123 Å². The lowest BCUT2D eigenvalue weighted by Crippen LogP contribution is -2.13. The minimum absolute atomic E-state index is 0.114. The van der Waals surface area contributed by atoms with Crippen molar-refractivity contribution in [2.75, 3.05) is 6.26 Å². The highest BCUT2D eigenvalue weighted by atomic mass is 32.2. The molecule has 0 aromatic heterocycles. The molecule has 0 spiro atoms. The highest BCUT2D eigenvalue weighted by Gasteiger charge is 2.12. The second kappa shape index (κ2) is 5.87. The van der Waals surface area contributed by atoms with Crippen molar-refractivity contribution in [2.45, 2.75) is 16.7 Å². The highest BCUT2D eigenvalue weighted by molar-refractivity contribution is 7.98. The predicted molar refractivity (Wildman–Crippen MR) is 80.8 cm³/mol. The minimum atomic E-state index is -3.70. The summed E-state index contributed by atoms with van der Waals surface area (Å²) in [6.45, 7) is 1.69. The summed E-state index contributed by atoms with van der Waals surface area (Å²) < 4.78 is 28.5. The van der Waals surface area contributed by atoms with Crippen LogP contribution < -0.4 is 9.88 Å². The van der Waals surface area contributed by atoms with Crippen molar-refractivity contribution >= 4 is 21.8 Å². The molecule has 0 unspecified atom stereocenters. The monoisotopic (exact) mass is 309 g/mol. The fraction of sp³-hybridized carbons (Fsp3) is 0.143. The van der Waals surface area contributed by atoms with Crippen molar-refractivity contribution in [2.24, 2.45) is 5.14 Å². The van der Waals surface area contributed by atoms with Crippen LogP contribution in [0.25, 0.3) is 0 Å². The number of primary sulfonamides is 1. The van der Waals surface area contributed by atoms with Gasteiger partial charge in [0.25, 0.3) is 0 Å². The fourth-order valence-electron chi connectivity index (χ4n) is 1.83. The normalized spacial score (nSPS) is 11.3. The van der Waals surface area contributed by atoms with E-state index in [1.54, 1.807) is 30.8 Å². The van der Waals surface area contributed by atoms with Gasteiger partial charge in [0.2, 0.25) is 10.0 Å². The molecule has 106 valence electrons. The Bertz CT molecular complexity index is 727. The number of thioether (sulfide) groups is 1. The van der Waals surface area contributed by atoms with Crippen molar-refractivity contribution in [3.63, 3.8) is 0 Å². The van der Waals surface area contributed by atoms with Crippen LogP contribution in [0.4, 0.5) is 0 Å². The molecule has 6 heteroatoms. The summed E-state index contributed by atoms with van der Waals surface area (Å²) in [4.78, 5) is 1.13. The summed E-state index contributed by atoms with van der Waals surface area (Å²) >= 11 is 1.59. The Hall–Kier alpha value is -1.50. The van der Waals surface area contributed by atoms with E-state index in [-0.39, 0.29) is 4.90 Å². The van der Waals surface area contributed by atoms with Crippen molar-refractivity contribution in [3.8, 4) is 11.5 Å². The summed E-state index contributed by atoms with van der Waals surface area (Å²) in [5, 5.41) is 5.13. The van der Waals surface area contributed by atoms with Gasteiger partial charge in [-0.05, 0) is 49.1 Å². The van der Waals surface area contributed by atoms with E-state index in [9.17, 15) is 8.42 Å². The molecule has 2 rings (SSSR count). The number of benzene rings is 2. The summed E-state index contributed by atoms with van der Waals surface area (Å²) in [6.07, 6.45) is 1.97. The molecule has 0 atom stereocenters. The van der Waals surface area contributed by atoms with E-state index in [1.165, 1.54) is 6.07 Å². The van der Waals surface area contributed by atoms with Crippen LogP contribution in [0.2, 0.25) is 0 Å². The first-order valence-corrected chi connectivity index (χ1v) is 8.63. The van der Waals surface area contributed by atoms with Crippen LogP contribution in [-0.2, 0) is 10.0 Å². The lowest BCUT2D eigenvalue weighted by molar-refractivity contribution is 0.470. The molecule has 0 aliphatic carbocycles. The number of para-hydroxylation sites is 1. The van der Waals surface area contributed by atoms with Crippen molar-refractivity contribution in [1.82, 2.24) is 0 Å². The van der Waals surface area contributed by atoms with Crippen LogP contribution in [0.1, 0.15) is 5.56 Å². The van der Waals surface area contributed by atoms with Gasteiger partial charge < -0.3 is 4.74 Å². The Balaban J connectivity index is 2.34. The molecule has 0 bridgehead atoms. The molecule has 0 aliphatic heterocycles. The van der Waals surface area contributed by atoms with E-state index in [2.05, 4.69) is 0 Å². The zero-order chi connectivity index (χ0) is 14.8. The fourth-order valence-corrected chi connectivity index (χ4v) is 3.13. The molecule has 0 saturated carbocycles. The van der Waals surface area contributed by atoms with Gasteiger partial charge in [0.05, 0.1) is 4.90 Å². The third-order valence-electron chi connectivity index (χ3n) is 2.75. The number of ether oxygens (including phenoxy) is 1. The van der Waals surface area contributed by atoms with Gasteiger partial charge in [0.1, 0.15) is 11.5 Å². The van der Waals surface area contributed by atoms with E-state index in [1.807, 2.05) is 30.5 Å². The van der Waals surface area contributed by atoms with E-state index in [0.717, 1.165) is 10.6 Å². The molecule has 0 saturated heterocycles. The van der Waals surface area contributed by atoms with Gasteiger partial charge in [-0.2, -0.15) is 0 Å². The molecule has 2 N–H and O–H groups in total. The summed E-state index contributed by atoms with van der Waals surface area (Å²) in [5.74, 6) is 1.32. The van der Waals surface area contributed by atoms with Crippen LogP contribution in [0.3, 0.4) is 0 Å². The van der Waals surface area contributed by atoms with Crippen LogP contribution in [0.15, 0.2) is 52.3 Å². The lowest BCUT2D eigenvalue weighted by Gasteiger charge is -2.11. The van der Waals surface area contributed by atoms with Gasteiger partial charge in [0, 0.05) is 4.90 Å². The Morgan fingerprint density at radius 3 is 2.45 bits per heavy atom. The third-order valence-corrected chi connectivity index (χ3v) is 4.60. The predicted octanol–water partition coefficient (Wildman–Crippen LogP) is 3.16. The molecule has 0 aliphatic rings. The topological polar surface area (TPSA) is 69.4 Å². The largest absolute Gasteiger partial charge is 0.456 e. The summed E-state index contributed by atoms with van der Waals surface area (Å²) in [5.41, 5.74) is 0.562. The molecule has 0 radical (unpaired) electrons. The van der Waals surface area contributed by atoms with Gasteiger partial charge >= 0.3 is 0 Å². The number of rotatable bonds is 4. The number of sulfonamides is 1. The van der Waals surface area contributed by atoms with Gasteiger partial charge in [0.15, 0.2) is 0 Å². The van der Waals surface area contributed by atoms with E-state index in [0.29, 0.717) is 11.3 Å². The molecular formula is C14H15NO3S2. The number of hydrogen-bond donors (Lipinski definition) is 1. The van der Waals surface area contributed by atoms with Crippen molar-refractivity contribution < 1.29 is 13.2 Å². The quantitative estimate of drug-likeness (QED) is 0.881. The molecule has 20 heavy (non-hydrogen) atoms. The maximum atomic E-state index is 11.4. The molecular weight excluding hydrogens is 294 g/mol. The molecule has 2 aromatic carbocycles. The van der Waals surface area contributed by atoms with Crippen LogP contribution in [-0.4, -0.2) is 14.7 Å². The Morgan fingerprint density at radius 2 is 1.85 bits per heavy atom. The smallest absolute Gasteiger partial charge is 0.238 e. The molecule has 4 nitrogen and oxygen atoms in total. The molecule has 2 aromatic rings. The first-order valence-electron chi connectivity index (χ1n) is 5.86. The summed E-state index contributed by atoms with van der Waals surface area (Å²) in [7, 11) is -3.70. The van der Waals surface area contributed by atoms with Crippen LogP contribution >= 0.6 is 11.8 Å². The lowest BCUT2D eigenvalue weighted by atomic mass is 10.2. The maximum Gasteiger partial charge on any atom is 0.238 e. The Morgan fingerprint density at radius 1 is 1.15 bits per heavy atom. The van der Waals surface area contributed by atoms with Crippen LogP contribution in [0.5, 0.6) is 11.5 Å². The molecule has 0 fully saturated rings. The van der Waals surface area contributed by atoms with Gasteiger partial charge in [-0.3, -0.25) is 0 Å². The average Bonchev–Trinajstić information content (AvgIpc) is 2.38. The third kappa shape index (κ3) is 3.33. The second-order valence-electron chi connectivity index (χ2n) is 4.23. The first-order chi connectivity index (χ1) is 9.41. The van der Waals surface area contributed by atoms with E-state index >= 15 is 0 Å². The first kappa shape index (κ1) is 14.9. The van der Waals surface area contributed by atoms with Gasteiger partial charge in [-0.25, -0.2) is 13.6 Å².